The number of likely N-dealkylation sites (N-methyl/N-ethyl adjacent to an activating group) is 1. The lowest BCUT2D eigenvalue weighted by Gasteiger charge is -2.17. The van der Waals surface area contributed by atoms with Crippen LogP contribution >= 0.6 is 0 Å². The van der Waals surface area contributed by atoms with Gasteiger partial charge in [-0.15, -0.1) is 0 Å². The Morgan fingerprint density at radius 2 is 1.69 bits per heavy atom. The van der Waals surface area contributed by atoms with Crippen LogP contribution in [0.25, 0.3) is 0 Å². The maximum Gasteiger partial charge on any atom is 0.227 e. The van der Waals surface area contributed by atoms with Gasteiger partial charge in [-0.25, -0.2) is 4.98 Å². The van der Waals surface area contributed by atoms with E-state index >= 15 is 0 Å². The van der Waals surface area contributed by atoms with Gasteiger partial charge < -0.3 is 10.2 Å². The zero-order valence-electron chi connectivity index (χ0n) is 15.6. The number of nitrogens with zero attached hydrogens (tertiary/aromatic N) is 4. The molecule has 0 atom stereocenters. The predicted octanol–water partition coefficient (Wildman–Crippen LogP) is 4.42. The van der Waals surface area contributed by atoms with Crippen LogP contribution in [0.15, 0.2) is 61.1 Å². The highest BCUT2D eigenvalue weighted by molar-refractivity contribution is 5.57. The highest BCUT2D eigenvalue weighted by Crippen LogP contribution is 2.20. The molecule has 1 aromatic carbocycles. The van der Waals surface area contributed by atoms with Gasteiger partial charge in [0.2, 0.25) is 5.95 Å². The molecular weight excluding hydrogens is 322 g/mol. The molecule has 3 aromatic rings. The SMILES string of the molecule is CC(C)c1ccc(Nc2ccnc(N(C)CCc3ccncc3)n2)cc1. The van der Waals surface area contributed by atoms with E-state index < -0.39 is 0 Å². The summed E-state index contributed by atoms with van der Waals surface area (Å²) in [6.07, 6.45) is 6.36. The number of anilines is 3. The Balaban J connectivity index is 1.63. The van der Waals surface area contributed by atoms with Gasteiger partial charge in [0.1, 0.15) is 5.82 Å². The van der Waals surface area contributed by atoms with Crippen LogP contribution in [0, 0.1) is 0 Å². The van der Waals surface area contributed by atoms with Crippen molar-refractivity contribution < 1.29 is 0 Å². The third kappa shape index (κ3) is 4.79. The predicted molar refractivity (Wildman–Crippen MR) is 107 cm³/mol. The second-order valence-corrected chi connectivity index (χ2v) is 6.67. The molecule has 26 heavy (non-hydrogen) atoms. The Morgan fingerprint density at radius 3 is 2.38 bits per heavy atom. The first kappa shape index (κ1) is 17.9. The fraction of sp³-hybridized carbons (Fsp3) is 0.286. The first-order chi connectivity index (χ1) is 12.6. The minimum absolute atomic E-state index is 0.531. The van der Waals surface area contributed by atoms with E-state index in [-0.39, 0.29) is 0 Å². The van der Waals surface area contributed by atoms with Crippen LogP contribution in [0.2, 0.25) is 0 Å². The number of rotatable bonds is 7. The number of benzene rings is 1. The Hall–Kier alpha value is -2.95. The van der Waals surface area contributed by atoms with Gasteiger partial charge in [0, 0.05) is 37.9 Å². The number of hydrogen-bond donors (Lipinski definition) is 1. The summed E-state index contributed by atoms with van der Waals surface area (Å²) >= 11 is 0. The quantitative estimate of drug-likeness (QED) is 0.686. The third-order valence-corrected chi connectivity index (χ3v) is 4.32. The zero-order valence-corrected chi connectivity index (χ0v) is 15.6. The van der Waals surface area contributed by atoms with E-state index in [1.807, 2.05) is 37.6 Å². The maximum atomic E-state index is 4.63. The number of pyridine rings is 1. The van der Waals surface area contributed by atoms with E-state index in [0.717, 1.165) is 24.5 Å². The summed E-state index contributed by atoms with van der Waals surface area (Å²) in [5.74, 6) is 2.04. The lowest BCUT2D eigenvalue weighted by atomic mass is 10.0. The molecule has 5 heteroatoms. The van der Waals surface area contributed by atoms with Gasteiger partial charge in [0.25, 0.3) is 0 Å². The van der Waals surface area contributed by atoms with Gasteiger partial charge in [-0.1, -0.05) is 26.0 Å². The van der Waals surface area contributed by atoms with Crippen LogP contribution in [0.1, 0.15) is 30.9 Å². The zero-order chi connectivity index (χ0) is 18.4. The minimum Gasteiger partial charge on any atom is -0.343 e. The van der Waals surface area contributed by atoms with Crippen molar-refractivity contribution in [1.82, 2.24) is 15.0 Å². The van der Waals surface area contributed by atoms with Crippen molar-refractivity contribution in [2.24, 2.45) is 0 Å². The maximum absolute atomic E-state index is 4.63. The van der Waals surface area contributed by atoms with E-state index in [0.29, 0.717) is 11.9 Å². The van der Waals surface area contributed by atoms with Gasteiger partial charge in [-0.05, 0) is 53.8 Å². The Kier molecular flexibility index (Phi) is 5.79. The minimum atomic E-state index is 0.531. The number of nitrogens with one attached hydrogen (secondary N) is 1. The van der Waals surface area contributed by atoms with Gasteiger partial charge >= 0.3 is 0 Å². The van der Waals surface area contributed by atoms with E-state index in [1.54, 1.807) is 6.20 Å². The van der Waals surface area contributed by atoms with Gasteiger partial charge in [-0.2, -0.15) is 4.98 Å². The second kappa shape index (κ2) is 8.43. The van der Waals surface area contributed by atoms with E-state index in [1.165, 1.54) is 11.1 Å². The lowest BCUT2D eigenvalue weighted by Crippen LogP contribution is -2.22. The molecule has 0 aliphatic heterocycles. The first-order valence-corrected chi connectivity index (χ1v) is 8.92. The van der Waals surface area contributed by atoms with Crippen LogP contribution in [-0.2, 0) is 6.42 Å². The highest BCUT2D eigenvalue weighted by atomic mass is 15.2. The molecular formula is C21H25N5. The average Bonchev–Trinajstić information content (AvgIpc) is 2.67. The van der Waals surface area contributed by atoms with Crippen molar-refractivity contribution >= 4 is 17.5 Å². The van der Waals surface area contributed by atoms with E-state index in [2.05, 4.69) is 63.3 Å². The van der Waals surface area contributed by atoms with Crippen molar-refractivity contribution in [1.29, 1.82) is 0 Å². The molecule has 3 rings (SSSR count). The largest absolute Gasteiger partial charge is 0.343 e. The van der Waals surface area contributed by atoms with Gasteiger partial charge in [0.15, 0.2) is 0 Å². The van der Waals surface area contributed by atoms with Crippen molar-refractivity contribution in [3.63, 3.8) is 0 Å². The van der Waals surface area contributed by atoms with E-state index in [9.17, 15) is 0 Å². The summed E-state index contributed by atoms with van der Waals surface area (Å²) in [5.41, 5.74) is 3.61. The molecule has 0 fully saturated rings. The molecule has 0 aliphatic carbocycles. The Morgan fingerprint density at radius 1 is 0.962 bits per heavy atom. The summed E-state index contributed by atoms with van der Waals surface area (Å²) in [7, 11) is 2.01. The summed E-state index contributed by atoms with van der Waals surface area (Å²) in [4.78, 5) is 15.1. The molecule has 0 unspecified atom stereocenters. The van der Waals surface area contributed by atoms with Crippen molar-refractivity contribution in [3.8, 4) is 0 Å². The smallest absolute Gasteiger partial charge is 0.227 e. The lowest BCUT2D eigenvalue weighted by molar-refractivity contribution is 0.837. The summed E-state index contributed by atoms with van der Waals surface area (Å²) in [6, 6.07) is 14.4. The molecule has 1 N–H and O–H groups in total. The van der Waals surface area contributed by atoms with Crippen molar-refractivity contribution in [3.05, 3.63) is 72.2 Å². The molecule has 2 aromatic heterocycles. The monoisotopic (exact) mass is 347 g/mol. The van der Waals surface area contributed by atoms with Crippen LogP contribution in [0.4, 0.5) is 17.5 Å². The summed E-state index contributed by atoms with van der Waals surface area (Å²) < 4.78 is 0. The first-order valence-electron chi connectivity index (χ1n) is 8.92. The number of hydrogen-bond acceptors (Lipinski definition) is 5. The summed E-state index contributed by atoms with van der Waals surface area (Å²) in [5, 5.41) is 3.35. The van der Waals surface area contributed by atoms with Crippen LogP contribution in [0.5, 0.6) is 0 Å². The fourth-order valence-electron chi connectivity index (χ4n) is 2.65. The molecule has 0 saturated heterocycles. The summed E-state index contributed by atoms with van der Waals surface area (Å²) in [6.45, 7) is 5.23. The van der Waals surface area contributed by atoms with E-state index in [4.69, 9.17) is 0 Å². The average molecular weight is 347 g/mol. The molecule has 134 valence electrons. The molecule has 2 heterocycles. The van der Waals surface area contributed by atoms with Crippen LogP contribution < -0.4 is 10.2 Å². The van der Waals surface area contributed by atoms with Gasteiger partial charge in [0.05, 0.1) is 0 Å². The highest BCUT2D eigenvalue weighted by Gasteiger charge is 2.06. The molecule has 0 amide bonds. The molecule has 0 aliphatic rings. The second-order valence-electron chi connectivity index (χ2n) is 6.67. The van der Waals surface area contributed by atoms with Crippen LogP contribution in [-0.4, -0.2) is 28.5 Å². The third-order valence-electron chi connectivity index (χ3n) is 4.32. The Labute approximate surface area is 155 Å². The number of aromatic nitrogens is 3. The fourth-order valence-corrected chi connectivity index (χ4v) is 2.65. The van der Waals surface area contributed by atoms with Crippen molar-refractivity contribution in [2.75, 3.05) is 23.8 Å². The normalized spacial score (nSPS) is 10.8. The molecule has 0 saturated carbocycles. The molecule has 0 spiro atoms. The topological polar surface area (TPSA) is 53.9 Å². The van der Waals surface area contributed by atoms with Crippen LogP contribution in [0.3, 0.4) is 0 Å². The molecule has 0 bridgehead atoms. The molecule has 5 nitrogen and oxygen atoms in total. The standard InChI is InChI=1S/C21H25N5/c1-16(2)18-4-6-19(7-5-18)24-20-10-14-23-21(25-20)26(3)15-11-17-8-12-22-13-9-17/h4-10,12-14,16H,11,15H2,1-3H3,(H,23,24,25). The van der Waals surface area contributed by atoms with Gasteiger partial charge in [-0.3, -0.25) is 4.98 Å². The Bertz CT molecular complexity index is 815. The van der Waals surface area contributed by atoms with Crippen molar-refractivity contribution in [2.45, 2.75) is 26.2 Å². The molecule has 0 radical (unpaired) electrons.